The van der Waals surface area contributed by atoms with Gasteiger partial charge in [0.05, 0.1) is 30.8 Å². The van der Waals surface area contributed by atoms with Crippen molar-refractivity contribution in [1.29, 1.82) is 0 Å². The zero-order valence-corrected chi connectivity index (χ0v) is 14.6. The number of Topliss-reactive ketones (excluding diaryl/α,β-unsaturated/α-hetero) is 1. The van der Waals surface area contributed by atoms with E-state index >= 15 is 0 Å². The Labute approximate surface area is 150 Å². The van der Waals surface area contributed by atoms with Gasteiger partial charge in [0.2, 0.25) is 0 Å². The van der Waals surface area contributed by atoms with Gasteiger partial charge in [0.25, 0.3) is 5.69 Å². The highest BCUT2D eigenvalue weighted by Crippen LogP contribution is 2.42. The summed E-state index contributed by atoms with van der Waals surface area (Å²) >= 11 is 0. The van der Waals surface area contributed by atoms with Crippen molar-refractivity contribution < 1.29 is 19.2 Å². The number of carbonyl (C=O) groups excluding carboxylic acids is 1. The standard InChI is InChI=1S/C20H17NO5/c1-12(22)20-14-7-5-4-6-13(14)8-9-15(20)16-10-18(25-2)19(26-3)11-17(16)21(23)24/h4-11H,1-3H3. The van der Waals surface area contributed by atoms with Gasteiger partial charge in [-0.05, 0) is 23.8 Å². The van der Waals surface area contributed by atoms with Gasteiger partial charge in [0, 0.05) is 11.1 Å². The normalized spacial score (nSPS) is 10.6. The number of benzene rings is 3. The van der Waals surface area contributed by atoms with E-state index in [4.69, 9.17) is 9.47 Å². The van der Waals surface area contributed by atoms with Crippen molar-refractivity contribution in [3.05, 3.63) is 64.2 Å². The second kappa shape index (κ2) is 6.84. The molecule has 0 aliphatic carbocycles. The minimum atomic E-state index is -0.490. The second-order valence-electron chi connectivity index (χ2n) is 5.75. The minimum absolute atomic E-state index is 0.152. The van der Waals surface area contributed by atoms with Gasteiger partial charge in [-0.1, -0.05) is 36.4 Å². The largest absolute Gasteiger partial charge is 0.493 e. The predicted molar refractivity (Wildman–Crippen MR) is 99.1 cm³/mol. The van der Waals surface area contributed by atoms with Gasteiger partial charge in [-0.2, -0.15) is 0 Å². The first-order valence-corrected chi connectivity index (χ1v) is 7.91. The minimum Gasteiger partial charge on any atom is -0.493 e. The third kappa shape index (κ3) is 2.86. The van der Waals surface area contributed by atoms with E-state index in [1.807, 2.05) is 30.3 Å². The second-order valence-corrected chi connectivity index (χ2v) is 5.75. The highest BCUT2D eigenvalue weighted by Gasteiger charge is 2.24. The number of rotatable bonds is 5. The van der Waals surface area contributed by atoms with Crippen molar-refractivity contribution in [1.82, 2.24) is 0 Å². The Morgan fingerprint density at radius 2 is 1.62 bits per heavy atom. The molecule has 0 spiro atoms. The molecule has 0 aliphatic heterocycles. The number of methoxy groups -OCH3 is 2. The van der Waals surface area contributed by atoms with Crippen LogP contribution in [0, 0.1) is 10.1 Å². The summed E-state index contributed by atoms with van der Waals surface area (Å²) in [4.78, 5) is 23.5. The molecule has 0 saturated heterocycles. The summed E-state index contributed by atoms with van der Waals surface area (Å²) in [6.07, 6.45) is 0. The van der Waals surface area contributed by atoms with Gasteiger partial charge in [0.15, 0.2) is 17.3 Å². The lowest BCUT2D eigenvalue weighted by Gasteiger charge is -2.14. The number of hydrogen-bond acceptors (Lipinski definition) is 5. The Morgan fingerprint density at radius 1 is 0.962 bits per heavy atom. The average Bonchev–Trinajstić information content (AvgIpc) is 2.65. The molecular formula is C20H17NO5. The van der Waals surface area contributed by atoms with E-state index in [-0.39, 0.29) is 17.2 Å². The fourth-order valence-electron chi connectivity index (χ4n) is 3.11. The molecule has 0 bridgehead atoms. The molecule has 0 atom stereocenters. The van der Waals surface area contributed by atoms with E-state index in [0.29, 0.717) is 22.4 Å². The zero-order valence-electron chi connectivity index (χ0n) is 14.6. The van der Waals surface area contributed by atoms with Gasteiger partial charge >= 0.3 is 0 Å². The van der Waals surface area contributed by atoms with E-state index in [0.717, 1.165) is 10.8 Å². The van der Waals surface area contributed by atoms with Crippen LogP contribution in [0.25, 0.3) is 21.9 Å². The molecular weight excluding hydrogens is 334 g/mol. The molecule has 3 rings (SSSR count). The highest BCUT2D eigenvalue weighted by atomic mass is 16.6. The Morgan fingerprint density at radius 3 is 2.23 bits per heavy atom. The molecule has 6 nitrogen and oxygen atoms in total. The molecule has 0 fully saturated rings. The van der Waals surface area contributed by atoms with E-state index in [1.165, 1.54) is 33.3 Å². The van der Waals surface area contributed by atoms with Gasteiger partial charge in [-0.25, -0.2) is 0 Å². The van der Waals surface area contributed by atoms with Gasteiger partial charge in [-0.15, -0.1) is 0 Å². The van der Waals surface area contributed by atoms with Crippen LogP contribution in [0.3, 0.4) is 0 Å². The lowest BCUT2D eigenvalue weighted by atomic mass is 9.91. The van der Waals surface area contributed by atoms with Gasteiger partial charge in [-0.3, -0.25) is 14.9 Å². The van der Waals surface area contributed by atoms with Crippen LogP contribution >= 0.6 is 0 Å². The Balaban J connectivity index is 2.41. The quantitative estimate of drug-likeness (QED) is 0.380. The van der Waals surface area contributed by atoms with E-state index < -0.39 is 4.92 Å². The average molecular weight is 351 g/mol. The molecule has 0 amide bonds. The lowest BCUT2D eigenvalue weighted by molar-refractivity contribution is -0.384. The summed E-state index contributed by atoms with van der Waals surface area (Å²) in [5.74, 6) is 0.449. The lowest BCUT2D eigenvalue weighted by Crippen LogP contribution is -2.02. The molecule has 0 aliphatic rings. The Kier molecular flexibility index (Phi) is 4.58. The number of hydrogen-bond donors (Lipinski definition) is 0. The molecule has 0 unspecified atom stereocenters. The van der Waals surface area contributed by atoms with E-state index in [2.05, 4.69) is 0 Å². The maximum Gasteiger partial charge on any atom is 0.281 e. The van der Waals surface area contributed by atoms with Crippen molar-refractivity contribution >= 4 is 22.2 Å². The van der Waals surface area contributed by atoms with Crippen molar-refractivity contribution in [2.45, 2.75) is 6.92 Å². The van der Waals surface area contributed by atoms with Crippen molar-refractivity contribution in [3.63, 3.8) is 0 Å². The summed E-state index contributed by atoms with van der Waals surface area (Å²) in [5.41, 5.74) is 1.09. The molecule has 3 aromatic carbocycles. The first kappa shape index (κ1) is 17.4. The Bertz CT molecular complexity index is 1030. The van der Waals surface area contributed by atoms with Crippen molar-refractivity contribution in [2.75, 3.05) is 14.2 Å². The number of carbonyl (C=O) groups is 1. The fourth-order valence-corrected chi connectivity index (χ4v) is 3.11. The highest BCUT2D eigenvalue weighted by molar-refractivity contribution is 6.13. The number of nitro groups is 1. The summed E-state index contributed by atoms with van der Waals surface area (Å²) < 4.78 is 10.5. The number of nitro benzene ring substituents is 1. The Hall–Kier alpha value is -3.41. The van der Waals surface area contributed by atoms with Gasteiger partial charge in [0.1, 0.15) is 0 Å². The summed E-state index contributed by atoms with van der Waals surface area (Å²) in [6.45, 7) is 1.46. The monoisotopic (exact) mass is 351 g/mol. The van der Waals surface area contributed by atoms with Crippen molar-refractivity contribution in [3.8, 4) is 22.6 Å². The van der Waals surface area contributed by atoms with Crippen LogP contribution in [0.5, 0.6) is 11.5 Å². The van der Waals surface area contributed by atoms with Crippen LogP contribution in [-0.4, -0.2) is 24.9 Å². The van der Waals surface area contributed by atoms with Crippen LogP contribution in [0.15, 0.2) is 48.5 Å². The third-order valence-corrected chi connectivity index (χ3v) is 4.27. The SMILES string of the molecule is COc1cc(-c2ccc3ccccc3c2C(C)=O)c([N+](=O)[O-])cc1OC. The van der Waals surface area contributed by atoms with Crippen LogP contribution in [0.1, 0.15) is 17.3 Å². The molecule has 0 N–H and O–H groups in total. The third-order valence-electron chi connectivity index (χ3n) is 4.27. The molecule has 0 heterocycles. The number of ketones is 1. The van der Waals surface area contributed by atoms with Crippen LogP contribution in [-0.2, 0) is 0 Å². The first-order valence-electron chi connectivity index (χ1n) is 7.91. The van der Waals surface area contributed by atoms with Gasteiger partial charge < -0.3 is 9.47 Å². The predicted octanol–water partition coefficient (Wildman–Crippen LogP) is 4.63. The zero-order chi connectivity index (χ0) is 18.8. The topological polar surface area (TPSA) is 78.7 Å². The molecule has 26 heavy (non-hydrogen) atoms. The maximum absolute atomic E-state index is 12.4. The number of fused-ring (bicyclic) bond motifs is 1. The first-order chi connectivity index (χ1) is 12.5. The molecule has 0 saturated carbocycles. The fraction of sp³-hybridized carbons (Fsp3) is 0.150. The van der Waals surface area contributed by atoms with Crippen LogP contribution in [0.2, 0.25) is 0 Å². The van der Waals surface area contributed by atoms with E-state index in [1.54, 1.807) is 6.07 Å². The molecule has 0 aromatic heterocycles. The van der Waals surface area contributed by atoms with Crippen molar-refractivity contribution in [2.24, 2.45) is 0 Å². The number of nitrogens with zero attached hydrogens (tertiary/aromatic N) is 1. The maximum atomic E-state index is 12.4. The summed E-state index contributed by atoms with van der Waals surface area (Å²) in [6, 6.07) is 13.9. The summed E-state index contributed by atoms with van der Waals surface area (Å²) in [5, 5.41) is 13.3. The van der Waals surface area contributed by atoms with Crippen LogP contribution < -0.4 is 9.47 Å². The van der Waals surface area contributed by atoms with Crippen LogP contribution in [0.4, 0.5) is 5.69 Å². The molecule has 0 radical (unpaired) electrons. The molecule has 3 aromatic rings. The number of ether oxygens (including phenoxy) is 2. The molecule has 6 heteroatoms. The molecule has 132 valence electrons. The summed E-state index contributed by atoms with van der Waals surface area (Å²) in [7, 11) is 2.87. The smallest absolute Gasteiger partial charge is 0.281 e. The van der Waals surface area contributed by atoms with E-state index in [9.17, 15) is 14.9 Å².